The zero-order chi connectivity index (χ0) is 38.6. The second kappa shape index (κ2) is 12.2. The van der Waals surface area contributed by atoms with Gasteiger partial charge in [0.25, 0.3) is 0 Å². The maximum Gasteiger partial charge on any atom is 0.136 e. The Kier molecular flexibility index (Phi) is 6.66. The van der Waals surface area contributed by atoms with E-state index in [1.807, 2.05) is 24.8 Å². The molecule has 0 bridgehead atoms. The van der Waals surface area contributed by atoms with Gasteiger partial charge in [-0.05, 0) is 118 Å². The van der Waals surface area contributed by atoms with Crippen molar-refractivity contribution >= 4 is 87.1 Å². The van der Waals surface area contributed by atoms with Crippen LogP contribution in [-0.2, 0) is 0 Å². The second-order valence-electron chi connectivity index (χ2n) is 15.4. The SMILES string of the molecule is c1ccc(-n2c3ccccc3c3cc(-c4cc5oc6cc(-c7ccc8c(c7)c7ccccc7n8-c7ccccc7)c7cnccc7c6c5c5ccncc45)ccc32)cc1. The topological polar surface area (TPSA) is 48.8 Å². The Hall–Kier alpha value is -8.02. The Balaban J connectivity index is 1.04. The number of hydrogen-bond acceptors (Lipinski definition) is 3. The van der Waals surface area contributed by atoms with Crippen molar-refractivity contribution in [2.45, 2.75) is 0 Å². The Morgan fingerprint density at radius 3 is 1.24 bits per heavy atom. The minimum Gasteiger partial charge on any atom is -0.456 e. The van der Waals surface area contributed by atoms with Crippen LogP contribution < -0.4 is 0 Å². The molecule has 0 aliphatic rings. The highest BCUT2D eigenvalue weighted by Crippen LogP contribution is 2.46. The lowest BCUT2D eigenvalue weighted by molar-refractivity contribution is 0.670. The predicted octanol–water partition coefficient (Wildman–Crippen LogP) is 14.2. The van der Waals surface area contributed by atoms with E-state index in [4.69, 9.17) is 4.42 Å². The van der Waals surface area contributed by atoms with Crippen molar-refractivity contribution in [2.24, 2.45) is 0 Å². The Labute approximate surface area is 337 Å². The van der Waals surface area contributed by atoms with Crippen molar-refractivity contribution < 1.29 is 4.42 Å². The lowest BCUT2D eigenvalue weighted by Crippen LogP contribution is -1.93. The number of fused-ring (bicyclic) bond motifs is 13. The van der Waals surface area contributed by atoms with Crippen molar-refractivity contribution in [1.82, 2.24) is 19.1 Å². The van der Waals surface area contributed by atoms with Crippen LogP contribution in [0.3, 0.4) is 0 Å². The minimum atomic E-state index is 0.845. The maximum absolute atomic E-state index is 6.98. The summed E-state index contributed by atoms with van der Waals surface area (Å²) in [4.78, 5) is 9.33. The van der Waals surface area contributed by atoms with Gasteiger partial charge in [0.15, 0.2) is 0 Å². The molecule has 0 aliphatic heterocycles. The van der Waals surface area contributed by atoms with Crippen LogP contribution >= 0.6 is 0 Å². The molecule has 13 rings (SSSR count). The first-order valence-electron chi connectivity index (χ1n) is 20.0. The number of benzene rings is 8. The standard InChI is InChI=1S/C54H32N4O/c1-3-11-35(12-4-1)57-47-17-9-7-15-37(47)43-27-33(19-21-49(43)57)41-29-51-53(39-23-25-55-31-45(39)41)54-40-24-26-56-32-46(40)42(30-52(54)59-51)34-20-22-50-44(28-34)38-16-8-10-18-48(38)58(50)36-13-5-2-6-14-36/h1-32H. The summed E-state index contributed by atoms with van der Waals surface area (Å²) in [5, 5.41) is 11.4. The molecule has 5 nitrogen and oxygen atoms in total. The summed E-state index contributed by atoms with van der Waals surface area (Å²) < 4.78 is 11.7. The van der Waals surface area contributed by atoms with Crippen LogP contribution in [0.2, 0.25) is 0 Å². The van der Waals surface area contributed by atoms with E-state index < -0.39 is 0 Å². The Bertz CT molecular complexity index is 3590. The number of hydrogen-bond donors (Lipinski definition) is 0. The smallest absolute Gasteiger partial charge is 0.136 e. The fraction of sp³-hybridized carbons (Fsp3) is 0. The third-order valence-electron chi connectivity index (χ3n) is 12.3. The zero-order valence-electron chi connectivity index (χ0n) is 31.7. The highest BCUT2D eigenvalue weighted by atomic mass is 16.3. The highest BCUT2D eigenvalue weighted by molar-refractivity contribution is 6.30. The van der Waals surface area contributed by atoms with E-state index >= 15 is 0 Å². The molecule has 0 atom stereocenters. The third-order valence-corrected chi connectivity index (χ3v) is 12.3. The zero-order valence-corrected chi connectivity index (χ0v) is 31.7. The summed E-state index contributed by atoms with van der Waals surface area (Å²) in [5.41, 5.74) is 13.1. The van der Waals surface area contributed by atoms with Crippen LogP contribution in [0.5, 0.6) is 0 Å². The minimum absolute atomic E-state index is 0.845. The van der Waals surface area contributed by atoms with Crippen molar-refractivity contribution in [3.05, 3.63) is 195 Å². The van der Waals surface area contributed by atoms with E-state index in [2.05, 4.69) is 189 Å². The van der Waals surface area contributed by atoms with Gasteiger partial charge in [0, 0.05) is 79.3 Å². The fourth-order valence-electron chi connectivity index (χ4n) is 9.75. The first-order chi connectivity index (χ1) is 29.3. The van der Waals surface area contributed by atoms with Crippen molar-refractivity contribution in [3.8, 4) is 33.6 Å². The lowest BCUT2D eigenvalue weighted by Gasteiger charge is -2.11. The van der Waals surface area contributed by atoms with Crippen molar-refractivity contribution in [1.29, 1.82) is 0 Å². The van der Waals surface area contributed by atoms with Crippen molar-refractivity contribution in [2.75, 3.05) is 0 Å². The monoisotopic (exact) mass is 752 g/mol. The number of rotatable bonds is 4. The van der Waals surface area contributed by atoms with Gasteiger partial charge < -0.3 is 13.6 Å². The van der Waals surface area contributed by atoms with Gasteiger partial charge >= 0.3 is 0 Å². The molecule has 0 spiro atoms. The Morgan fingerprint density at radius 2 is 0.763 bits per heavy atom. The van der Waals surface area contributed by atoms with Gasteiger partial charge in [-0.1, -0.05) is 84.9 Å². The molecule has 0 aliphatic carbocycles. The molecule has 59 heavy (non-hydrogen) atoms. The summed E-state index contributed by atoms with van der Waals surface area (Å²) in [6.07, 6.45) is 7.78. The van der Waals surface area contributed by atoms with Gasteiger partial charge in [0.2, 0.25) is 0 Å². The van der Waals surface area contributed by atoms with Gasteiger partial charge in [0.1, 0.15) is 11.2 Å². The molecule has 5 aromatic heterocycles. The van der Waals surface area contributed by atoms with E-state index in [0.29, 0.717) is 0 Å². The quantitative estimate of drug-likeness (QED) is 0.180. The average Bonchev–Trinajstić information content (AvgIpc) is 3.96. The maximum atomic E-state index is 6.98. The first kappa shape index (κ1) is 32.1. The lowest BCUT2D eigenvalue weighted by atomic mass is 9.92. The van der Waals surface area contributed by atoms with Gasteiger partial charge in [-0.2, -0.15) is 0 Å². The molecule has 0 amide bonds. The molecule has 5 heterocycles. The van der Waals surface area contributed by atoms with Crippen LogP contribution in [0, 0.1) is 0 Å². The van der Waals surface area contributed by atoms with Gasteiger partial charge in [-0.25, -0.2) is 0 Å². The van der Waals surface area contributed by atoms with E-state index in [1.165, 1.54) is 43.6 Å². The third kappa shape index (κ3) is 4.61. The molecule has 0 fully saturated rings. The molecule has 274 valence electrons. The van der Waals surface area contributed by atoms with Gasteiger partial charge in [-0.15, -0.1) is 0 Å². The van der Waals surface area contributed by atoms with Gasteiger partial charge in [0.05, 0.1) is 22.1 Å². The molecule has 0 N–H and O–H groups in total. The highest BCUT2D eigenvalue weighted by Gasteiger charge is 2.21. The summed E-state index contributed by atoms with van der Waals surface area (Å²) in [6.45, 7) is 0. The number of para-hydroxylation sites is 4. The molecule has 5 heteroatoms. The molecule has 0 radical (unpaired) electrons. The van der Waals surface area contributed by atoms with Crippen LogP contribution in [-0.4, -0.2) is 19.1 Å². The van der Waals surface area contributed by atoms with Crippen LogP contribution in [0.15, 0.2) is 199 Å². The largest absolute Gasteiger partial charge is 0.456 e. The molecule has 13 aromatic rings. The van der Waals surface area contributed by atoms with Crippen LogP contribution in [0.25, 0.3) is 121 Å². The molecular formula is C54H32N4O. The number of aromatic nitrogens is 4. The summed E-state index contributed by atoms with van der Waals surface area (Å²) in [5.74, 6) is 0. The normalized spacial score (nSPS) is 12.1. The second-order valence-corrected chi connectivity index (χ2v) is 15.4. The average molecular weight is 753 g/mol. The first-order valence-corrected chi connectivity index (χ1v) is 20.0. The Morgan fingerprint density at radius 1 is 0.339 bits per heavy atom. The van der Waals surface area contributed by atoms with Crippen molar-refractivity contribution in [3.63, 3.8) is 0 Å². The van der Waals surface area contributed by atoms with E-state index in [-0.39, 0.29) is 0 Å². The van der Waals surface area contributed by atoms with Crippen LogP contribution in [0.4, 0.5) is 0 Å². The molecule has 0 saturated heterocycles. The fourth-order valence-corrected chi connectivity index (χ4v) is 9.75. The predicted molar refractivity (Wildman–Crippen MR) is 244 cm³/mol. The van der Waals surface area contributed by atoms with Gasteiger partial charge in [-0.3, -0.25) is 9.97 Å². The molecule has 0 saturated carbocycles. The van der Waals surface area contributed by atoms with E-state index in [0.717, 1.165) is 77.1 Å². The number of furan rings is 1. The number of pyridine rings is 2. The molecular weight excluding hydrogens is 721 g/mol. The van der Waals surface area contributed by atoms with E-state index in [1.54, 1.807) is 0 Å². The van der Waals surface area contributed by atoms with E-state index in [9.17, 15) is 0 Å². The molecule has 8 aromatic carbocycles. The van der Waals surface area contributed by atoms with Crippen LogP contribution in [0.1, 0.15) is 0 Å². The number of nitrogens with zero attached hydrogens (tertiary/aromatic N) is 4. The summed E-state index contributed by atoms with van der Waals surface area (Å²) in [6, 6.07) is 60.9. The summed E-state index contributed by atoms with van der Waals surface area (Å²) >= 11 is 0. The molecule has 0 unspecified atom stereocenters. The summed E-state index contributed by atoms with van der Waals surface area (Å²) in [7, 11) is 0.